The maximum atomic E-state index is 12.3. The van der Waals surface area contributed by atoms with E-state index in [9.17, 15) is 9.59 Å². The van der Waals surface area contributed by atoms with E-state index in [1.54, 1.807) is 0 Å². The van der Waals surface area contributed by atoms with Crippen LogP contribution in [0.4, 0.5) is 10.5 Å². The number of anilines is 1. The molecular weight excluding hydrogens is 268 g/mol. The highest BCUT2D eigenvalue weighted by Crippen LogP contribution is 2.25. The Morgan fingerprint density at radius 2 is 1.90 bits per heavy atom. The number of carbonyl (C=O) groups is 2. The van der Waals surface area contributed by atoms with Crippen molar-refractivity contribution in [2.45, 2.75) is 18.9 Å². The lowest BCUT2D eigenvalue weighted by molar-refractivity contribution is -0.141. The molecule has 0 saturated carbocycles. The molecule has 1 heterocycles. The zero-order valence-electron chi connectivity index (χ0n) is 11.5. The molecule has 108 valence electrons. The van der Waals surface area contributed by atoms with Gasteiger partial charge in [0.15, 0.2) is 0 Å². The Bertz CT molecular complexity index is 693. The quantitative estimate of drug-likeness (QED) is 0.890. The summed E-state index contributed by atoms with van der Waals surface area (Å²) in [6.07, 6.45) is 1.23. The van der Waals surface area contributed by atoms with Gasteiger partial charge in [-0.25, -0.2) is 9.59 Å². The van der Waals surface area contributed by atoms with Crippen molar-refractivity contribution in [1.82, 2.24) is 4.90 Å². The van der Waals surface area contributed by atoms with E-state index in [2.05, 4.69) is 5.32 Å². The van der Waals surface area contributed by atoms with Crippen molar-refractivity contribution in [2.24, 2.45) is 0 Å². The molecule has 0 radical (unpaired) electrons. The summed E-state index contributed by atoms with van der Waals surface area (Å²) in [4.78, 5) is 24.9. The number of carbonyl (C=O) groups excluding carboxylic acids is 1. The molecule has 1 aliphatic rings. The molecule has 0 spiro atoms. The van der Waals surface area contributed by atoms with Crippen LogP contribution in [0.25, 0.3) is 10.8 Å². The Labute approximate surface area is 122 Å². The van der Waals surface area contributed by atoms with Crippen molar-refractivity contribution >= 4 is 28.5 Å². The van der Waals surface area contributed by atoms with Crippen LogP contribution in [0.5, 0.6) is 0 Å². The zero-order valence-corrected chi connectivity index (χ0v) is 11.5. The molecule has 2 N–H and O–H groups in total. The molecule has 1 saturated heterocycles. The van der Waals surface area contributed by atoms with Crippen LogP contribution >= 0.6 is 0 Å². The minimum atomic E-state index is -0.944. The van der Waals surface area contributed by atoms with Gasteiger partial charge in [0.25, 0.3) is 0 Å². The SMILES string of the molecule is O=C(O)[C@H]1CCCN1C(=O)Nc1cccc2ccccc12. The lowest BCUT2D eigenvalue weighted by Gasteiger charge is -2.22. The fraction of sp³-hybridized carbons (Fsp3) is 0.250. The van der Waals surface area contributed by atoms with Gasteiger partial charge in [0.2, 0.25) is 0 Å². The number of nitrogens with zero attached hydrogens (tertiary/aromatic N) is 1. The average molecular weight is 284 g/mol. The zero-order chi connectivity index (χ0) is 14.8. The molecule has 0 unspecified atom stereocenters. The van der Waals surface area contributed by atoms with Crippen LogP contribution in [-0.4, -0.2) is 34.6 Å². The largest absolute Gasteiger partial charge is 0.480 e. The van der Waals surface area contributed by atoms with E-state index in [1.807, 2.05) is 42.5 Å². The number of urea groups is 1. The first kappa shape index (κ1) is 13.4. The summed E-state index contributed by atoms with van der Waals surface area (Å²) in [5, 5.41) is 14.0. The van der Waals surface area contributed by atoms with Crippen LogP contribution in [0.1, 0.15) is 12.8 Å². The second kappa shape index (κ2) is 5.44. The van der Waals surface area contributed by atoms with Gasteiger partial charge in [0, 0.05) is 11.9 Å². The van der Waals surface area contributed by atoms with E-state index < -0.39 is 12.0 Å². The number of benzene rings is 2. The predicted molar refractivity (Wildman–Crippen MR) is 80.3 cm³/mol. The van der Waals surface area contributed by atoms with Crippen LogP contribution in [0, 0.1) is 0 Å². The number of fused-ring (bicyclic) bond motifs is 1. The summed E-state index contributed by atoms with van der Waals surface area (Å²) in [6.45, 7) is 0.480. The second-order valence-corrected chi connectivity index (χ2v) is 5.15. The molecule has 5 heteroatoms. The lowest BCUT2D eigenvalue weighted by atomic mass is 10.1. The van der Waals surface area contributed by atoms with Gasteiger partial charge in [-0.3, -0.25) is 0 Å². The molecule has 1 fully saturated rings. The van der Waals surface area contributed by atoms with Gasteiger partial charge in [0.05, 0.1) is 5.69 Å². The van der Waals surface area contributed by atoms with Crippen LogP contribution in [0.3, 0.4) is 0 Å². The summed E-state index contributed by atoms with van der Waals surface area (Å²) in [7, 11) is 0. The smallest absolute Gasteiger partial charge is 0.326 e. The van der Waals surface area contributed by atoms with Gasteiger partial charge in [0.1, 0.15) is 6.04 Å². The van der Waals surface area contributed by atoms with Crippen LogP contribution in [0.2, 0.25) is 0 Å². The molecule has 21 heavy (non-hydrogen) atoms. The maximum Gasteiger partial charge on any atom is 0.326 e. The highest BCUT2D eigenvalue weighted by atomic mass is 16.4. The first-order valence-electron chi connectivity index (χ1n) is 6.95. The minimum absolute atomic E-state index is 0.351. The number of rotatable bonds is 2. The van der Waals surface area contributed by atoms with Gasteiger partial charge in [-0.15, -0.1) is 0 Å². The normalized spacial score (nSPS) is 17.9. The molecule has 0 aliphatic carbocycles. The van der Waals surface area contributed by atoms with Crippen molar-refractivity contribution in [3.8, 4) is 0 Å². The summed E-state index contributed by atoms with van der Waals surface area (Å²) in [5.74, 6) is -0.944. The molecule has 1 atom stereocenters. The summed E-state index contributed by atoms with van der Waals surface area (Å²) < 4.78 is 0. The highest BCUT2D eigenvalue weighted by molar-refractivity contribution is 6.02. The van der Waals surface area contributed by atoms with E-state index in [0.717, 1.165) is 17.2 Å². The monoisotopic (exact) mass is 284 g/mol. The Kier molecular flexibility index (Phi) is 3.48. The van der Waals surface area contributed by atoms with Gasteiger partial charge < -0.3 is 15.3 Å². The molecule has 0 bridgehead atoms. The van der Waals surface area contributed by atoms with Gasteiger partial charge in [-0.2, -0.15) is 0 Å². The molecule has 2 aromatic rings. The van der Waals surface area contributed by atoms with Gasteiger partial charge in [-0.05, 0) is 24.3 Å². The van der Waals surface area contributed by atoms with Crippen LogP contribution < -0.4 is 5.32 Å². The van der Waals surface area contributed by atoms with Crippen LogP contribution in [-0.2, 0) is 4.79 Å². The van der Waals surface area contributed by atoms with E-state index in [4.69, 9.17) is 5.11 Å². The van der Waals surface area contributed by atoms with E-state index >= 15 is 0 Å². The van der Waals surface area contributed by atoms with Gasteiger partial charge >= 0.3 is 12.0 Å². The third-order valence-corrected chi connectivity index (χ3v) is 3.83. The summed E-state index contributed by atoms with van der Waals surface area (Å²) >= 11 is 0. The molecule has 2 aromatic carbocycles. The Hall–Kier alpha value is -2.56. The molecule has 0 aromatic heterocycles. The number of amides is 2. The van der Waals surface area contributed by atoms with Crippen molar-refractivity contribution in [2.75, 3.05) is 11.9 Å². The first-order valence-corrected chi connectivity index (χ1v) is 6.95. The lowest BCUT2D eigenvalue weighted by Crippen LogP contribution is -2.42. The molecule has 2 amide bonds. The number of aliphatic carboxylic acids is 1. The molecule has 1 aliphatic heterocycles. The number of hydrogen-bond acceptors (Lipinski definition) is 2. The standard InChI is InChI=1S/C16H16N2O3/c19-15(20)14-9-4-10-18(14)16(21)17-13-8-3-6-11-5-1-2-7-12(11)13/h1-3,5-8,14H,4,9-10H2,(H,17,21)(H,19,20)/t14-/m1/s1. The van der Waals surface area contributed by atoms with Crippen LogP contribution in [0.15, 0.2) is 42.5 Å². The summed E-state index contributed by atoms with van der Waals surface area (Å²) in [5.41, 5.74) is 0.703. The third kappa shape index (κ3) is 2.54. The van der Waals surface area contributed by atoms with Crippen molar-refractivity contribution in [3.05, 3.63) is 42.5 Å². The fourth-order valence-corrected chi connectivity index (χ4v) is 2.79. The van der Waals surface area contributed by atoms with E-state index in [0.29, 0.717) is 18.7 Å². The van der Waals surface area contributed by atoms with E-state index in [-0.39, 0.29) is 6.03 Å². The topological polar surface area (TPSA) is 69.6 Å². The highest BCUT2D eigenvalue weighted by Gasteiger charge is 2.34. The molecular formula is C16H16N2O3. The van der Waals surface area contributed by atoms with Crippen molar-refractivity contribution in [3.63, 3.8) is 0 Å². The van der Waals surface area contributed by atoms with Crippen molar-refractivity contribution < 1.29 is 14.7 Å². The number of carboxylic acids is 1. The second-order valence-electron chi connectivity index (χ2n) is 5.15. The third-order valence-electron chi connectivity index (χ3n) is 3.83. The predicted octanol–water partition coefficient (Wildman–Crippen LogP) is 2.92. The van der Waals surface area contributed by atoms with Crippen molar-refractivity contribution in [1.29, 1.82) is 0 Å². The van der Waals surface area contributed by atoms with Gasteiger partial charge in [-0.1, -0.05) is 36.4 Å². The molecule has 3 rings (SSSR count). The Morgan fingerprint density at radius 3 is 2.71 bits per heavy atom. The first-order chi connectivity index (χ1) is 10.2. The number of hydrogen-bond donors (Lipinski definition) is 2. The number of carboxylic acid groups (broad SMARTS) is 1. The minimum Gasteiger partial charge on any atom is -0.480 e. The average Bonchev–Trinajstić information content (AvgIpc) is 2.97. The fourth-order valence-electron chi connectivity index (χ4n) is 2.79. The number of likely N-dealkylation sites (tertiary alicyclic amines) is 1. The Balaban J connectivity index is 1.85. The Morgan fingerprint density at radius 1 is 1.14 bits per heavy atom. The maximum absolute atomic E-state index is 12.3. The summed E-state index contributed by atoms with van der Waals surface area (Å²) in [6, 6.07) is 12.4. The molecule has 5 nitrogen and oxygen atoms in total. The van der Waals surface area contributed by atoms with E-state index in [1.165, 1.54) is 4.90 Å². The number of nitrogens with one attached hydrogen (secondary N) is 1.